The van der Waals surface area contributed by atoms with Crippen LogP contribution >= 0.6 is 0 Å². The Morgan fingerprint density at radius 1 is 1.14 bits per heavy atom. The lowest BCUT2D eigenvalue weighted by Crippen LogP contribution is -2.27. The fraction of sp³-hybridized carbons (Fsp3) is 0.316. The average Bonchev–Trinajstić information content (AvgIpc) is 2.86. The van der Waals surface area contributed by atoms with Crippen LogP contribution in [0.1, 0.15) is 27.8 Å². The molecule has 1 unspecified atom stereocenters. The first-order valence-electron chi connectivity index (χ1n) is 7.38. The van der Waals surface area contributed by atoms with Gasteiger partial charge in [-0.25, -0.2) is 0 Å². The molecule has 1 atom stereocenters. The second kappa shape index (κ2) is 5.36. The van der Waals surface area contributed by atoms with Crippen molar-refractivity contribution in [2.45, 2.75) is 39.7 Å². The van der Waals surface area contributed by atoms with Crippen LogP contribution in [0, 0.1) is 20.8 Å². The van der Waals surface area contributed by atoms with E-state index in [0.717, 1.165) is 16.9 Å². The summed E-state index contributed by atoms with van der Waals surface area (Å²) in [5, 5.41) is 0. The van der Waals surface area contributed by atoms with Gasteiger partial charge in [0.2, 0.25) is 0 Å². The van der Waals surface area contributed by atoms with E-state index >= 15 is 0 Å². The normalized spacial score (nSPS) is 16.4. The number of carbonyl (C=O) groups excluding carboxylic acids is 1. The maximum absolute atomic E-state index is 12.5. The predicted octanol–water partition coefficient (Wildman–Crippen LogP) is 3.73. The number of benzene rings is 2. The van der Waals surface area contributed by atoms with E-state index < -0.39 is 0 Å². The fourth-order valence-corrected chi connectivity index (χ4v) is 3.14. The molecular weight excluding hydrogens is 260 g/mol. The van der Waals surface area contributed by atoms with E-state index in [1.54, 1.807) is 0 Å². The topological polar surface area (TPSA) is 26.3 Å². The number of Topliss-reactive ketones (excluding diaryl/α,β-unsaturated/α-hetero) is 1. The minimum absolute atomic E-state index is 0.168. The first-order chi connectivity index (χ1) is 10.0. The van der Waals surface area contributed by atoms with Crippen molar-refractivity contribution in [3.63, 3.8) is 0 Å². The van der Waals surface area contributed by atoms with Gasteiger partial charge >= 0.3 is 0 Å². The van der Waals surface area contributed by atoms with Gasteiger partial charge in [-0.15, -0.1) is 0 Å². The molecule has 1 aliphatic heterocycles. The Hall–Kier alpha value is -2.09. The smallest absolute Gasteiger partial charge is 0.178 e. The molecule has 3 rings (SSSR count). The molecule has 0 bridgehead atoms. The SMILES string of the molecule is Cc1cc(C)c(CC(=O)C2Cc3ccccc3O2)c(C)c1. The third-order valence-corrected chi connectivity index (χ3v) is 4.20. The number of rotatable bonds is 3. The maximum atomic E-state index is 12.5. The van der Waals surface area contributed by atoms with E-state index in [4.69, 9.17) is 4.74 Å². The zero-order valence-corrected chi connectivity index (χ0v) is 12.8. The number of aryl methyl sites for hydroxylation is 3. The number of hydrogen-bond donors (Lipinski definition) is 0. The van der Waals surface area contributed by atoms with Gasteiger partial charge < -0.3 is 4.74 Å². The molecule has 2 heteroatoms. The van der Waals surface area contributed by atoms with Crippen molar-refractivity contribution in [2.24, 2.45) is 0 Å². The minimum atomic E-state index is -0.331. The van der Waals surface area contributed by atoms with Gasteiger partial charge in [-0.3, -0.25) is 4.79 Å². The number of carbonyl (C=O) groups is 1. The molecule has 2 aromatic rings. The summed E-state index contributed by atoms with van der Waals surface area (Å²) in [5.74, 6) is 1.02. The molecule has 1 heterocycles. The van der Waals surface area contributed by atoms with Gasteiger partial charge in [0.15, 0.2) is 11.9 Å². The molecule has 2 aromatic carbocycles. The van der Waals surface area contributed by atoms with Crippen LogP contribution in [0.5, 0.6) is 5.75 Å². The number of ketones is 1. The van der Waals surface area contributed by atoms with E-state index in [0.29, 0.717) is 12.8 Å². The Morgan fingerprint density at radius 3 is 2.48 bits per heavy atom. The van der Waals surface area contributed by atoms with Crippen molar-refractivity contribution in [3.8, 4) is 5.75 Å². The van der Waals surface area contributed by atoms with E-state index in [2.05, 4.69) is 32.9 Å². The van der Waals surface area contributed by atoms with Gasteiger partial charge in [0.1, 0.15) is 5.75 Å². The molecule has 1 aliphatic rings. The molecule has 0 saturated heterocycles. The summed E-state index contributed by atoms with van der Waals surface area (Å²) >= 11 is 0. The number of hydrogen-bond acceptors (Lipinski definition) is 2. The summed E-state index contributed by atoms with van der Waals surface area (Å²) in [7, 11) is 0. The largest absolute Gasteiger partial charge is 0.482 e. The van der Waals surface area contributed by atoms with Crippen LogP contribution in [0.4, 0.5) is 0 Å². The second-order valence-electron chi connectivity index (χ2n) is 5.94. The van der Waals surface area contributed by atoms with Crippen molar-refractivity contribution >= 4 is 5.78 Å². The zero-order valence-electron chi connectivity index (χ0n) is 12.8. The average molecular weight is 280 g/mol. The summed E-state index contributed by atoms with van der Waals surface area (Å²) in [4.78, 5) is 12.5. The monoisotopic (exact) mass is 280 g/mol. The molecule has 0 radical (unpaired) electrons. The number of para-hydroxylation sites is 1. The van der Waals surface area contributed by atoms with Gasteiger partial charge in [0.25, 0.3) is 0 Å². The molecule has 0 saturated carbocycles. The Balaban J connectivity index is 1.77. The molecular formula is C19H20O2. The predicted molar refractivity (Wildman–Crippen MR) is 83.9 cm³/mol. The first kappa shape index (κ1) is 13.9. The second-order valence-corrected chi connectivity index (χ2v) is 5.94. The third kappa shape index (κ3) is 2.71. The van der Waals surface area contributed by atoms with E-state index in [9.17, 15) is 4.79 Å². The Morgan fingerprint density at radius 2 is 1.81 bits per heavy atom. The van der Waals surface area contributed by atoms with Crippen molar-refractivity contribution in [1.29, 1.82) is 0 Å². The molecule has 0 N–H and O–H groups in total. The summed E-state index contributed by atoms with van der Waals surface area (Å²) in [6.07, 6.45) is 0.817. The molecule has 0 fully saturated rings. The molecule has 0 amide bonds. The maximum Gasteiger partial charge on any atom is 0.178 e. The van der Waals surface area contributed by atoms with E-state index in [1.807, 2.05) is 24.3 Å². The number of fused-ring (bicyclic) bond motifs is 1. The third-order valence-electron chi connectivity index (χ3n) is 4.20. The standard InChI is InChI=1S/C19H20O2/c1-12-8-13(2)16(14(3)9-12)11-17(20)19-10-15-6-4-5-7-18(15)21-19/h4-9,19H,10-11H2,1-3H3. The van der Waals surface area contributed by atoms with Gasteiger partial charge in [-0.1, -0.05) is 35.9 Å². The van der Waals surface area contributed by atoms with Gasteiger partial charge in [-0.2, -0.15) is 0 Å². The lowest BCUT2D eigenvalue weighted by molar-refractivity contribution is -0.124. The van der Waals surface area contributed by atoms with Gasteiger partial charge in [0.05, 0.1) is 0 Å². The van der Waals surface area contributed by atoms with Crippen molar-refractivity contribution in [3.05, 3.63) is 64.2 Å². The minimum Gasteiger partial charge on any atom is -0.482 e. The Labute approximate surface area is 125 Å². The van der Waals surface area contributed by atoms with Crippen molar-refractivity contribution in [1.82, 2.24) is 0 Å². The molecule has 108 valence electrons. The Kier molecular flexibility index (Phi) is 3.54. The number of ether oxygens (including phenoxy) is 1. The van der Waals surface area contributed by atoms with Crippen LogP contribution < -0.4 is 4.74 Å². The molecule has 0 aliphatic carbocycles. The van der Waals surface area contributed by atoms with Crippen molar-refractivity contribution < 1.29 is 9.53 Å². The molecule has 0 aromatic heterocycles. The molecule has 0 spiro atoms. The van der Waals surface area contributed by atoms with Gasteiger partial charge in [0, 0.05) is 12.8 Å². The lowest BCUT2D eigenvalue weighted by Gasteiger charge is -2.14. The highest BCUT2D eigenvalue weighted by Crippen LogP contribution is 2.29. The van der Waals surface area contributed by atoms with E-state index in [1.165, 1.54) is 16.7 Å². The van der Waals surface area contributed by atoms with Crippen molar-refractivity contribution in [2.75, 3.05) is 0 Å². The lowest BCUT2D eigenvalue weighted by atomic mass is 9.93. The highest BCUT2D eigenvalue weighted by atomic mass is 16.5. The first-order valence-corrected chi connectivity index (χ1v) is 7.38. The highest BCUT2D eigenvalue weighted by Gasteiger charge is 2.29. The molecule has 21 heavy (non-hydrogen) atoms. The van der Waals surface area contributed by atoms with Crippen LogP contribution in [-0.4, -0.2) is 11.9 Å². The van der Waals surface area contributed by atoms with E-state index in [-0.39, 0.29) is 11.9 Å². The van der Waals surface area contributed by atoms with Crippen LogP contribution in [0.2, 0.25) is 0 Å². The van der Waals surface area contributed by atoms with Crippen LogP contribution in [0.3, 0.4) is 0 Å². The van der Waals surface area contributed by atoms with Crippen LogP contribution in [0.25, 0.3) is 0 Å². The summed E-state index contributed by atoms with van der Waals surface area (Å²) in [5.41, 5.74) is 5.90. The quantitative estimate of drug-likeness (QED) is 0.856. The summed E-state index contributed by atoms with van der Waals surface area (Å²) in [6.45, 7) is 6.24. The fourth-order valence-electron chi connectivity index (χ4n) is 3.14. The Bertz CT molecular complexity index is 652. The van der Waals surface area contributed by atoms with Crippen LogP contribution in [0.15, 0.2) is 36.4 Å². The molecule has 2 nitrogen and oxygen atoms in total. The summed E-state index contributed by atoms with van der Waals surface area (Å²) in [6, 6.07) is 12.2. The zero-order chi connectivity index (χ0) is 15.0. The van der Waals surface area contributed by atoms with Gasteiger partial charge in [-0.05, 0) is 49.1 Å². The van der Waals surface area contributed by atoms with Crippen LogP contribution in [-0.2, 0) is 17.6 Å². The summed E-state index contributed by atoms with van der Waals surface area (Å²) < 4.78 is 5.79. The highest BCUT2D eigenvalue weighted by molar-refractivity contribution is 5.87.